The molecule has 1 saturated heterocycles. The Kier molecular flexibility index (Phi) is 4.25. The van der Waals surface area contributed by atoms with Crippen molar-refractivity contribution in [3.05, 3.63) is 22.3 Å². The Labute approximate surface area is 117 Å². The summed E-state index contributed by atoms with van der Waals surface area (Å²) in [7, 11) is 1.95. The van der Waals surface area contributed by atoms with Crippen molar-refractivity contribution in [2.45, 2.75) is 25.9 Å². The molecule has 0 atom stereocenters. The number of halogens is 1. The van der Waals surface area contributed by atoms with Crippen molar-refractivity contribution in [3.8, 4) is 0 Å². The molecule has 0 unspecified atom stereocenters. The van der Waals surface area contributed by atoms with Crippen LogP contribution in [0.1, 0.15) is 19.4 Å². The van der Waals surface area contributed by atoms with E-state index in [9.17, 15) is 0 Å². The van der Waals surface area contributed by atoms with Crippen LogP contribution in [0.3, 0.4) is 0 Å². The summed E-state index contributed by atoms with van der Waals surface area (Å²) in [6, 6.07) is 2.13. The molecule has 0 amide bonds. The first-order valence-corrected chi connectivity index (χ1v) is 6.98. The topological polar surface area (TPSA) is 37.4 Å². The molecule has 1 aromatic heterocycles. The van der Waals surface area contributed by atoms with Gasteiger partial charge in [-0.2, -0.15) is 0 Å². The number of anilines is 1. The third-order valence-electron chi connectivity index (χ3n) is 3.18. The molecular formula is C13H20BrN3O. The minimum Gasteiger partial charge on any atom is -0.377 e. The van der Waals surface area contributed by atoms with Crippen LogP contribution in [0.5, 0.6) is 0 Å². The molecule has 4 nitrogen and oxygen atoms in total. The molecule has 1 aliphatic rings. The molecule has 2 heterocycles. The summed E-state index contributed by atoms with van der Waals surface area (Å²) >= 11 is 3.49. The quantitative estimate of drug-likeness (QED) is 0.928. The molecule has 1 N–H and O–H groups in total. The zero-order valence-corrected chi connectivity index (χ0v) is 12.7. The van der Waals surface area contributed by atoms with Gasteiger partial charge in [-0.25, -0.2) is 4.98 Å². The number of nitrogens with one attached hydrogen (secondary N) is 1. The summed E-state index contributed by atoms with van der Waals surface area (Å²) in [5, 5.41) is 3.20. The number of pyridine rings is 1. The molecule has 18 heavy (non-hydrogen) atoms. The lowest BCUT2D eigenvalue weighted by Gasteiger charge is -2.43. The average Bonchev–Trinajstić information content (AvgIpc) is 2.30. The molecule has 0 saturated carbocycles. The molecule has 1 fully saturated rings. The van der Waals surface area contributed by atoms with E-state index in [1.807, 2.05) is 13.2 Å². The van der Waals surface area contributed by atoms with E-state index in [1.54, 1.807) is 0 Å². The molecule has 1 aromatic rings. The molecule has 0 spiro atoms. The van der Waals surface area contributed by atoms with E-state index in [4.69, 9.17) is 4.74 Å². The van der Waals surface area contributed by atoms with Gasteiger partial charge in [0, 0.05) is 29.3 Å². The SMILES string of the molecule is CNCc1cc(Br)cnc1N1CCOCC1(C)C. The highest BCUT2D eigenvalue weighted by molar-refractivity contribution is 9.10. The second-order valence-electron chi connectivity index (χ2n) is 5.18. The average molecular weight is 314 g/mol. The van der Waals surface area contributed by atoms with Gasteiger partial charge in [-0.05, 0) is 42.9 Å². The number of rotatable bonds is 3. The van der Waals surface area contributed by atoms with Gasteiger partial charge in [0.25, 0.3) is 0 Å². The Hall–Kier alpha value is -0.650. The second-order valence-corrected chi connectivity index (χ2v) is 6.10. The van der Waals surface area contributed by atoms with Crippen LogP contribution in [0, 0.1) is 0 Å². The van der Waals surface area contributed by atoms with Gasteiger partial charge in [0.05, 0.1) is 18.8 Å². The minimum absolute atomic E-state index is 0.0123. The van der Waals surface area contributed by atoms with Gasteiger partial charge in [-0.15, -0.1) is 0 Å². The summed E-state index contributed by atoms with van der Waals surface area (Å²) in [6.45, 7) is 7.59. The highest BCUT2D eigenvalue weighted by Crippen LogP contribution is 2.29. The molecule has 0 aromatic carbocycles. The fraction of sp³-hybridized carbons (Fsp3) is 0.615. The maximum absolute atomic E-state index is 5.57. The lowest BCUT2D eigenvalue weighted by Crippen LogP contribution is -2.54. The van der Waals surface area contributed by atoms with Gasteiger partial charge in [0.2, 0.25) is 0 Å². The maximum atomic E-state index is 5.57. The number of hydrogen-bond acceptors (Lipinski definition) is 4. The van der Waals surface area contributed by atoms with Crippen LogP contribution in [0.2, 0.25) is 0 Å². The highest BCUT2D eigenvalue weighted by atomic mass is 79.9. The van der Waals surface area contributed by atoms with Gasteiger partial charge >= 0.3 is 0 Å². The molecule has 100 valence electrons. The van der Waals surface area contributed by atoms with Crippen molar-refractivity contribution in [3.63, 3.8) is 0 Å². The third-order valence-corrected chi connectivity index (χ3v) is 3.61. The van der Waals surface area contributed by atoms with Crippen molar-refractivity contribution in [1.29, 1.82) is 0 Å². The Morgan fingerprint density at radius 3 is 3.00 bits per heavy atom. The Bertz CT molecular complexity index is 423. The summed E-state index contributed by atoms with van der Waals surface area (Å²) in [6.07, 6.45) is 1.86. The van der Waals surface area contributed by atoms with Crippen molar-refractivity contribution in [2.75, 3.05) is 31.7 Å². The number of nitrogens with zero attached hydrogens (tertiary/aromatic N) is 2. The highest BCUT2D eigenvalue weighted by Gasteiger charge is 2.32. The molecule has 0 bridgehead atoms. The molecule has 1 aliphatic heterocycles. The van der Waals surface area contributed by atoms with Crippen LogP contribution in [0.25, 0.3) is 0 Å². The van der Waals surface area contributed by atoms with Gasteiger partial charge in [0.15, 0.2) is 0 Å². The zero-order valence-electron chi connectivity index (χ0n) is 11.2. The Balaban J connectivity index is 2.36. The normalized spacial score (nSPS) is 19.0. The van der Waals surface area contributed by atoms with E-state index in [2.05, 4.69) is 51.0 Å². The minimum atomic E-state index is -0.0123. The second kappa shape index (κ2) is 5.55. The van der Waals surface area contributed by atoms with Gasteiger partial charge < -0.3 is 15.0 Å². The van der Waals surface area contributed by atoms with E-state index >= 15 is 0 Å². The first-order chi connectivity index (χ1) is 8.54. The van der Waals surface area contributed by atoms with E-state index in [1.165, 1.54) is 5.56 Å². The summed E-state index contributed by atoms with van der Waals surface area (Å²) in [5.74, 6) is 1.06. The number of morpholine rings is 1. The monoisotopic (exact) mass is 313 g/mol. The fourth-order valence-corrected chi connectivity index (χ4v) is 2.67. The lowest BCUT2D eigenvalue weighted by atomic mass is 10.0. The van der Waals surface area contributed by atoms with Gasteiger partial charge in [-0.3, -0.25) is 0 Å². The molecule has 0 aliphatic carbocycles. The van der Waals surface area contributed by atoms with Gasteiger partial charge in [-0.1, -0.05) is 0 Å². The summed E-state index contributed by atoms with van der Waals surface area (Å²) in [5.41, 5.74) is 1.20. The third kappa shape index (κ3) is 2.84. The van der Waals surface area contributed by atoms with E-state index < -0.39 is 0 Å². The molecular weight excluding hydrogens is 294 g/mol. The van der Waals surface area contributed by atoms with Crippen LogP contribution in [-0.2, 0) is 11.3 Å². The van der Waals surface area contributed by atoms with E-state index in [0.717, 1.165) is 36.6 Å². The molecule has 2 rings (SSSR count). The van der Waals surface area contributed by atoms with Crippen molar-refractivity contribution in [1.82, 2.24) is 10.3 Å². The summed E-state index contributed by atoms with van der Waals surface area (Å²) in [4.78, 5) is 6.94. The van der Waals surface area contributed by atoms with Crippen LogP contribution in [0.15, 0.2) is 16.7 Å². The molecule has 5 heteroatoms. The van der Waals surface area contributed by atoms with Crippen LogP contribution < -0.4 is 10.2 Å². The lowest BCUT2D eigenvalue weighted by molar-refractivity contribution is 0.0638. The molecule has 0 radical (unpaired) electrons. The first-order valence-electron chi connectivity index (χ1n) is 6.19. The zero-order chi connectivity index (χ0) is 13.2. The first kappa shape index (κ1) is 13.8. The largest absolute Gasteiger partial charge is 0.377 e. The number of ether oxygens (including phenoxy) is 1. The Morgan fingerprint density at radius 2 is 2.33 bits per heavy atom. The van der Waals surface area contributed by atoms with Crippen molar-refractivity contribution >= 4 is 21.7 Å². The summed E-state index contributed by atoms with van der Waals surface area (Å²) < 4.78 is 6.58. The van der Waals surface area contributed by atoms with Crippen LogP contribution in [0.4, 0.5) is 5.82 Å². The van der Waals surface area contributed by atoms with Crippen LogP contribution >= 0.6 is 15.9 Å². The maximum Gasteiger partial charge on any atom is 0.133 e. The van der Waals surface area contributed by atoms with E-state index in [-0.39, 0.29) is 5.54 Å². The number of aromatic nitrogens is 1. The Morgan fingerprint density at radius 1 is 1.56 bits per heavy atom. The fourth-order valence-electron chi connectivity index (χ4n) is 2.29. The predicted octanol–water partition coefficient (Wildman–Crippen LogP) is 2.18. The van der Waals surface area contributed by atoms with E-state index in [0.29, 0.717) is 0 Å². The standard InChI is InChI=1S/C13H20BrN3O/c1-13(2)9-18-5-4-17(13)12-10(7-15-3)6-11(14)8-16-12/h6,8,15H,4-5,7,9H2,1-3H3. The van der Waals surface area contributed by atoms with Crippen molar-refractivity contribution < 1.29 is 4.74 Å². The predicted molar refractivity (Wildman–Crippen MR) is 76.9 cm³/mol. The number of hydrogen-bond donors (Lipinski definition) is 1. The smallest absolute Gasteiger partial charge is 0.133 e. The van der Waals surface area contributed by atoms with Gasteiger partial charge in [0.1, 0.15) is 5.82 Å². The van der Waals surface area contributed by atoms with Crippen molar-refractivity contribution in [2.24, 2.45) is 0 Å². The van der Waals surface area contributed by atoms with Crippen LogP contribution in [-0.4, -0.2) is 37.3 Å².